The van der Waals surface area contributed by atoms with Gasteiger partial charge in [-0.05, 0) is 37.0 Å². The number of carbonyl (C=O) groups is 1. The summed E-state index contributed by atoms with van der Waals surface area (Å²) in [6, 6.07) is 0. The number of hydrogen-bond acceptors (Lipinski definition) is 2. The van der Waals surface area contributed by atoms with Crippen LogP contribution in [0.15, 0.2) is 0 Å². The molecule has 0 spiro atoms. The molecular formula is C15H30N2O. The van der Waals surface area contributed by atoms with E-state index in [1.807, 2.05) is 0 Å². The maximum atomic E-state index is 11.6. The molecule has 1 saturated carbocycles. The Bertz CT molecular complexity index is 245. The first-order chi connectivity index (χ1) is 8.58. The van der Waals surface area contributed by atoms with Crippen molar-refractivity contribution < 1.29 is 4.79 Å². The van der Waals surface area contributed by atoms with E-state index in [-0.39, 0.29) is 5.91 Å². The molecule has 0 aromatic heterocycles. The third-order valence-electron chi connectivity index (χ3n) is 4.24. The molecule has 18 heavy (non-hydrogen) atoms. The Balaban J connectivity index is 2.11. The Labute approximate surface area is 112 Å². The van der Waals surface area contributed by atoms with Gasteiger partial charge in [-0.25, -0.2) is 0 Å². The van der Waals surface area contributed by atoms with Gasteiger partial charge in [0.25, 0.3) is 0 Å². The molecule has 0 heterocycles. The Kier molecular flexibility index (Phi) is 6.69. The second-order valence-electron chi connectivity index (χ2n) is 6.20. The van der Waals surface area contributed by atoms with E-state index in [0.717, 1.165) is 19.5 Å². The van der Waals surface area contributed by atoms with Crippen molar-refractivity contribution in [1.82, 2.24) is 10.6 Å². The highest BCUT2D eigenvalue weighted by Crippen LogP contribution is 2.40. The average molecular weight is 254 g/mol. The Hall–Kier alpha value is -0.570. The van der Waals surface area contributed by atoms with Gasteiger partial charge in [-0.15, -0.1) is 0 Å². The summed E-state index contributed by atoms with van der Waals surface area (Å²) in [7, 11) is 0. The van der Waals surface area contributed by atoms with Crippen molar-refractivity contribution in [1.29, 1.82) is 0 Å². The quantitative estimate of drug-likeness (QED) is 0.699. The first-order valence-electron chi connectivity index (χ1n) is 7.55. The van der Waals surface area contributed by atoms with Gasteiger partial charge in [-0.1, -0.05) is 33.6 Å². The molecule has 1 aliphatic carbocycles. The van der Waals surface area contributed by atoms with Crippen LogP contribution in [0.3, 0.4) is 0 Å². The molecule has 0 atom stereocenters. The van der Waals surface area contributed by atoms with Gasteiger partial charge < -0.3 is 10.6 Å². The fourth-order valence-corrected chi connectivity index (χ4v) is 2.78. The molecule has 106 valence electrons. The molecule has 2 N–H and O–H groups in total. The van der Waals surface area contributed by atoms with Crippen LogP contribution >= 0.6 is 0 Å². The van der Waals surface area contributed by atoms with Crippen LogP contribution < -0.4 is 10.6 Å². The van der Waals surface area contributed by atoms with Gasteiger partial charge in [0.05, 0.1) is 6.54 Å². The maximum Gasteiger partial charge on any atom is 0.233 e. The normalized spacial score (nSPS) is 18.2. The SMILES string of the molecule is CCC1(CNCC(=O)NCCC(C)C)CCCC1. The standard InChI is InChI=1S/C15H30N2O/c1-4-15(8-5-6-9-15)12-16-11-14(18)17-10-7-13(2)3/h13,16H,4-12H2,1-3H3,(H,17,18). The van der Waals surface area contributed by atoms with E-state index in [1.54, 1.807) is 0 Å². The fourth-order valence-electron chi connectivity index (χ4n) is 2.78. The molecule has 1 amide bonds. The van der Waals surface area contributed by atoms with Crippen molar-refractivity contribution >= 4 is 5.91 Å². The highest BCUT2D eigenvalue weighted by Gasteiger charge is 2.31. The molecule has 0 radical (unpaired) electrons. The lowest BCUT2D eigenvalue weighted by molar-refractivity contribution is -0.120. The van der Waals surface area contributed by atoms with Crippen molar-refractivity contribution in [2.75, 3.05) is 19.6 Å². The largest absolute Gasteiger partial charge is 0.355 e. The number of carbonyl (C=O) groups excluding carboxylic acids is 1. The summed E-state index contributed by atoms with van der Waals surface area (Å²) in [6.45, 7) is 8.90. The summed E-state index contributed by atoms with van der Waals surface area (Å²) in [5, 5.41) is 6.31. The van der Waals surface area contributed by atoms with Crippen LogP contribution in [0.5, 0.6) is 0 Å². The Morgan fingerprint density at radius 1 is 1.28 bits per heavy atom. The zero-order valence-corrected chi connectivity index (χ0v) is 12.3. The molecule has 0 saturated heterocycles. The van der Waals surface area contributed by atoms with Crippen LogP contribution in [0.1, 0.15) is 59.3 Å². The minimum Gasteiger partial charge on any atom is -0.355 e. The van der Waals surface area contributed by atoms with E-state index in [1.165, 1.54) is 32.1 Å². The molecule has 0 unspecified atom stereocenters. The summed E-state index contributed by atoms with van der Waals surface area (Å²) >= 11 is 0. The number of rotatable bonds is 8. The molecule has 1 fully saturated rings. The predicted octanol–water partition coefficient (Wildman–Crippen LogP) is 2.71. The van der Waals surface area contributed by atoms with Crippen LogP contribution in [0.4, 0.5) is 0 Å². The van der Waals surface area contributed by atoms with Crippen molar-refractivity contribution in [3.63, 3.8) is 0 Å². The van der Waals surface area contributed by atoms with E-state index in [9.17, 15) is 4.79 Å². The van der Waals surface area contributed by atoms with Crippen molar-refractivity contribution in [2.45, 2.75) is 59.3 Å². The second-order valence-corrected chi connectivity index (χ2v) is 6.20. The Morgan fingerprint density at radius 3 is 2.50 bits per heavy atom. The van der Waals surface area contributed by atoms with Crippen molar-refractivity contribution in [3.05, 3.63) is 0 Å². The second kappa shape index (κ2) is 7.78. The lowest BCUT2D eigenvalue weighted by Gasteiger charge is -2.27. The average Bonchev–Trinajstić information content (AvgIpc) is 2.78. The maximum absolute atomic E-state index is 11.6. The predicted molar refractivity (Wildman–Crippen MR) is 76.5 cm³/mol. The third-order valence-corrected chi connectivity index (χ3v) is 4.24. The molecule has 0 bridgehead atoms. The van der Waals surface area contributed by atoms with Crippen LogP contribution in [-0.4, -0.2) is 25.5 Å². The highest BCUT2D eigenvalue weighted by atomic mass is 16.1. The third kappa shape index (κ3) is 5.38. The number of nitrogens with one attached hydrogen (secondary N) is 2. The first kappa shape index (κ1) is 15.5. The van der Waals surface area contributed by atoms with E-state index < -0.39 is 0 Å². The minimum absolute atomic E-state index is 0.139. The summed E-state index contributed by atoms with van der Waals surface area (Å²) in [5.41, 5.74) is 0.470. The smallest absolute Gasteiger partial charge is 0.233 e. The van der Waals surface area contributed by atoms with Gasteiger partial charge in [0, 0.05) is 13.1 Å². The molecule has 1 aliphatic rings. The lowest BCUT2D eigenvalue weighted by atomic mass is 9.83. The van der Waals surface area contributed by atoms with E-state index in [2.05, 4.69) is 31.4 Å². The van der Waals surface area contributed by atoms with Crippen LogP contribution in [0, 0.1) is 11.3 Å². The monoisotopic (exact) mass is 254 g/mol. The summed E-state index contributed by atoms with van der Waals surface area (Å²) in [4.78, 5) is 11.6. The molecular weight excluding hydrogens is 224 g/mol. The lowest BCUT2D eigenvalue weighted by Crippen LogP contribution is -2.39. The molecule has 0 aromatic carbocycles. The summed E-state index contributed by atoms with van der Waals surface area (Å²) in [6.07, 6.45) is 7.66. The molecule has 0 aromatic rings. The Morgan fingerprint density at radius 2 is 1.94 bits per heavy atom. The van der Waals surface area contributed by atoms with Gasteiger partial charge >= 0.3 is 0 Å². The minimum atomic E-state index is 0.139. The van der Waals surface area contributed by atoms with E-state index in [0.29, 0.717) is 17.9 Å². The van der Waals surface area contributed by atoms with Crippen molar-refractivity contribution in [2.24, 2.45) is 11.3 Å². The molecule has 3 nitrogen and oxygen atoms in total. The topological polar surface area (TPSA) is 41.1 Å². The van der Waals surface area contributed by atoms with Crippen LogP contribution in [0.2, 0.25) is 0 Å². The number of amides is 1. The van der Waals surface area contributed by atoms with Crippen LogP contribution in [0.25, 0.3) is 0 Å². The number of hydrogen-bond donors (Lipinski definition) is 2. The first-order valence-corrected chi connectivity index (χ1v) is 7.55. The van der Waals surface area contributed by atoms with Gasteiger partial charge in [0.15, 0.2) is 0 Å². The van der Waals surface area contributed by atoms with Gasteiger partial charge in [-0.2, -0.15) is 0 Å². The fraction of sp³-hybridized carbons (Fsp3) is 0.933. The molecule has 3 heteroatoms. The van der Waals surface area contributed by atoms with E-state index >= 15 is 0 Å². The van der Waals surface area contributed by atoms with Crippen LogP contribution in [-0.2, 0) is 4.79 Å². The summed E-state index contributed by atoms with van der Waals surface area (Å²) < 4.78 is 0. The zero-order chi connectivity index (χ0) is 13.4. The highest BCUT2D eigenvalue weighted by molar-refractivity contribution is 5.77. The van der Waals surface area contributed by atoms with Crippen molar-refractivity contribution in [3.8, 4) is 0 Å². The van der Waals surface area contributed by atoms with E-state index in [4.69, 9.17) is 0 Å². The molecule has 0 aliphatic heterocycles. The zero-order valence-electron chi connectivity index (χ0n) is 12.3. The van der Waals surface area contributed by atoms with Gasteiger partial charge in [0.1, 0.15) is 0 Å². The molecule has 1 rings (SSSR count). The summed E-state index contributed by atoms with van der Waals surface area (Å²) in [5.74, 6) is 0.792. The van der Waals surface area contributed by atoms with Gasteiger partial charge in [-0.3, -0.25) is 4.79 Å². The van der Waals surface area contributed by atoms with Gasteiger partial charge in [0.2, 0.25) is 5.91 Å².